The lowest BCUT2D eigenvalue weighted by Crippen LogP contribution is -2.51. The highest BCUT2D eigenvalue weighted by Gasteiger charge is 2.32. The molecule has 0 amide bonds. The first kappa shape index (κ1) is 16.4. The lowest BCUT2D eigenvalue weighted by molar-refractivity contribution is -0.0112. The average Bonchev–Trinajstić information content (AvgIpc) is 2.31. The van der Waals surface area contributed by atoms with E-state index in [1.165, 1.54) is 6.07 Å². The first-order chi connectivity index (χ1) is 8.81. The van der Waals surface area contributed by atoms with Gasteiger partial charge in [0, 0.05) is 17.7 Å². The quantitative estimate of drug-likeness (QED) is 0.647. The second-order valence-electron chi connectivity index (χ2n) is 5.70. The molecule has 1 rings (SSSR count). The van der Waals surface area contributed by atoms with Crippen molar-refractivity contribution in [3.05, 3.63) is 34.6 Å². The van der Waals surface area contributed by atoms with E-state index in [0.717, 1.165) is 0 Å². The number of methoxy groups -OCH3 is 1. The Kier molecular flexibility index (Phi) is 5.74. The topological polar surface area (TPSA) is 47.3 Å². The largest absolute Gasteiger partial charge is 0.379 e. The zero-order valence-corrected chi connectivity index (χ0v) is 12.6. The minimum atomic E-state index is -0.323. The van der Waals surface area contributed by atoms with Crippen molar-refractivity contribution in [2.75, 3.05) is 7.11 Å². The highest BCUT2D eigenvalue weighted by atomic mass is 35.5. The van der Waals surface area contributed by atoms with Crippen LogP contribution in [0.4, 0.5) is 4.39 Å². The normalized spacial score (nSPS) is 15.3. The summed E-state index contributed by atoms with van der Waals surface area (Å²) < 4.78 is 19.3. The van der Waals surface area contributed by atoms with Gasteiger partial charge in [-0.25, -0.2) is 4.39 Å². The number of halogens is 2. The number of ether oxygens (including phenoxy) is 1. The van der Waals surface area contributed by atoms with Crippen molar-refractivity contribution in [2.45, 2.75) is 39.3 Å². The Morgan fingerprint density at radius 3 is 2.47 bits per heavy atom. The van der Waals surface area contributed by atoms with E-state index in [2.05, 4.69) is 26.2 Å². The van der Waals surface area contributed by atoms with Crippen LogP contribution in [0.3, 0.4) is 0 Å². The molecule has 0 saturated heterocycles. The molecule has 0 aliphatic heterocycles. The maximum Gasteiger partial charge on any atom is 0.127 e. The standard InChI is InChI=1S/C14H22ClFN2O/c1-14(2,3)13(19-4)12(18-17)8-9-10(15)6-5-7-11(9)16/h5-7,12-13,18H,8,17H2,1-4H3. The van der Waals surface area contributed by atoms with Gasteiger partial charge in [0.2, 0.25) is 0 Å². The van der Waals surface area contributed by atoms with Crippen LogP contribution in [0.1, 0.15) is 26.3 Å². The van der Waals surface area contributed by atoms with E-state index < -0.39 is 0 Å². The molecule has 0 saturated carbocycles. The molecule has 0 bridgehead atoms. The monoisotopic (exact) mass is 288 g/mol. The Labute approximate surface area is 119 Å². The molecule has 0 aliphatic rings. The van der Waals surface area contributed by atoms with Crippen molar-refractivity contribution in [2.24, 2.45) is 11.3 Å². The Morgan fingerprint density at radius 1 is 1.42 bits per heavy atom. The molecule has 0 radical (unpaired) electrons. The number of rotatable bonds is 5. The van der Waals surface area contributed by atoms with E-state index in [1.807, 2.05) is 0 Å². The lowest BCUT2D eigenvalue weighted by atomic mass is 9.82. The first-order valence-electron chi connectivity index (χ1n) is 6.23. The zero-order chi connectivity index (χ0) is 14.6. The predicted molar refractivity (Wildman–Crippen MR) is 76.5 cm³/mol. The van der Waals surface area contributed by atoms with Gasteiger partial charge in [0.25, 0.3) is 0 Å². The predicted octanol–water partition coefficient (Wildman–Crippen LogP) is 2.91. The third-order valence-corrected chi connectivity index (χ3v) is 3.53. The molecule has 1 aromatic rings. The zero-order valence-electron chi connectivity index (χ0n) is 11.8. The van der Waals surface area contributed by atoms with Gasteiger partial charge in [-0.05, 0) is 24.0 Å². The molecular formula is C14H22ClFN2O. The van der Waals surface area contributed by atoms with Gasteiger partial charge in [-0.3, -0.25) is 11.3 Å². The molecule has 0 spiro atoms. The van der Waals surface area contributed by atoms with E-state index in [0.29, 0.717) is 17.0 Å². The van der Waals surface area contributed by atoms with Gasteiger partial charge in [0.05, 0.1) is 12.1 Å². The molecule has 19 heavy (non-hydrogen) atoms. The third-order valence-electron chi connectivity index (χ3n) is 3.17. The Morgan fingerprint density at radius 2 is 2.05 bits per heavy atom. The van der Waals surface area contributed by atoms with E-state index in [1.54, 1.807) is 19.2 Å². The average molecular weight is 289 g/mol. The van der Waals surface area contributed by atoms with Gasteiger partial charge in [0.1, 0.15) is 5.82 Å². The van der Waals surface area contributed by atoms with Gasteiger partial charge in [-0.15, -0.1) is 0 Å². The van der Waals surface area contributed by atoms with E-state index in [-0.39, 0.29) is 23.4 Å². The van der Waals surface area contributed by atoms with Crippen LogP contribution in [0, 0.1) is 11.2 Å². The highest BCUT2D eigenvalue weighted by Crippen LogP contribution is 2.28. The maximum atomic E-state index is 13.8. The fourth-order valence-corrected chi connectivity index (χ4v) is 2.56. The summed E-state index contributed by atoms with van der Waals surface area (Å²) in [5, 5.41) is 0.406. The number of hydrogen-bond donors (Lipinski definition) is 2. The van der Waals surface area contributed by atoms with Crippen molar-refractivity contribution in [1.82, 2.24) is 5.43 Å². The highest BCUT2D eigenvalue weighted by molar-refractivity contribution is 6.31. The molecule has 3 nitrogen and oxygen atoms in total. The summed E-state index contributed by atoms with van der Waals surface area (Å²) in [6.07, 6.45) is 0.214. The summed E-state index contributed by atoms with van der Waals surface area (Å²) in [7, 11) is 1.63. The van der Waals surface area contributed by atoms with E-state index in [4.69, 9.17) is 22.2 Å². The van der Waals surface area contributed by atoms with Crippen LogP contribution in [0.15, 0.2) is 18.2 Å². The molecule has 0 aromatic heterocycles. The van der Waals surface area contributed by atoms with Gasteiger partial charge in [-0.1, -0.05) is 38.4 Å². The van der Waals surface area contributed by atoms with Crippen molar-refractivity contribution in [1.29, 1.82) is 0 Å². The van der Waals surface area contributed by atoms with Crippen molar-refractivity contribution >= 4 is 11.6 Å². The molecule has 3 N–H and O–H groups in total. The second-order valence-corrected chi connectivity index (χ2v) is 6.11. The number of nitrogens with two attached hydrogens (primary N) is 1. The SMILES string of the molecule is COC(C(Cc1c(F)cccc1Cl)NN)C(C)(C)C. The summed E-state index contributed by atoms with van der Waals surface area (Å²) in [5.41, 5.74) is 3.05. The lowest BCUT2D eigenvalue weighted by Gasteiger charge is -2.35. The summed E-state index contributed by atoms with van der Waals surface area (Å²) in [6.45, 7) is 6.15. The van der Waals surface area contributed by atoms with Crippen molar-refractivity contribution in [3.63, 3.8) is 0 Å². The molecule has 5 heteroatoms. The summed E-state index contributed by atoms with van der Waals surface area (Å²) in [4.78, 5) is 0. The van der Waals surface area contributed by atoms with Crippen LogP contribution < -0.4 is 11.3 Å². The second kappa shape index (κ2) is 6.66. The summed E-state index contributed by atoms with van der Waals surface area (Å²) in [6, 6.07) is 4.43. The maximum absolute atomic E-state index is 13.8. The number of hydrazine groups is 1. The minimum Gasteiger partial charge on any atom is -0.379 e. The number of benzene rings is 1. The van der Waals surface area contributed by atoms with Gasteiger partial charge in [-0.2, -0.15) is 0 Å². The number of nitrogens with one attached hydrogen (secondary N) is 1. The summed E-state index contributed by atoms with van der Waals surface area (Å²) in [5.74, 6) is 5.28. The van der Waals surface area contributed by atoms with E-state index >= 15 is 0 Å². The molecule has 0 fully saturated rings. The third kappa shape index (κ3) is 4.14. The smallest absolute Gasteiger partial charge is 0.127 e. The Balaban J connectivity index is 2.99. The molecule has 0 aliphatic carbocycles. The first-order valence-corrected chi connectivity index (χ1v) is 6.61. The van der Waals surface area contributed by atoms with Crippen molar-refractivity contribution in [3.8, 4) is 0 Å². The van der Waals surface area contributed by atoms with Crippen LogP contribution in [0.25, 0.3) is 0 Å². The molecule has 2 atom stereocenters. The van der Waals surface area contributed by atoms with Crippen LogP contribution >= 0.6 is 11.6 Å². The van der Waals surface area contributed by atoms with E-state index in [9.17, 15) is 4.39 Å². The van der Waals surface area contributed by atoms with Gasteiger partial charge in [0.15, 0.2) is 0 Å². The molecule has 2 unspecified atom stereocenters. The molecular weight excluding hydrogens is 267 g/mol. The van der Waals surface area contributed by atoms with Crippen LogP contribution in [0.5, 0.6) is 0 Å². The number of hydrogen-bond acceptors (Lipinski definition) is 3. The molecule has 108 valence electrons. The Bertz CT molecular complexity index is 400. The molecule has 0 heterocycles. The van der Waals surface area contributed by atoms with Crippen LogP contribution in [0.2, 0.25) is 5.02 Å². The fraction of sp³-hybridized carbons (Fsp3) is 0.571. The Hall–Kier alpha value is -0.680. The van der Waals surface area contributed by atoms with Crippen molar-refractivity contribution < 1.29 is 9.13 Å². The fourth-order valence-electron chi connectivity index (χ4n) is 2.32. The summed E-state index contributed by atoms with van der Waals surface area (Å²) >= 11 is 6.04. The minimum absolute atomic E-state index is 0.122. The van der Waals surface area contributed by atoms with Crippen LogP contribution in [-0.2, 0) is 11.2 Å². The molecule has 1 aromatic carbocycles. The van der Waals surface area contributed by atoms with Gasteiger partial charge < -0.3 is 4.74 Å². The van der Waals surface area contributed by atoms with Gasteiger partial charge >= 0.3 is 0 Å². The van der Waals surface area contributed by atoms with Crippen LogP contribution in [-0.4, -0.2) is 19.3 Å².